The normalized spacial score (nSPS) is 16.8. The van der Waals surface area contributed by atoms with Gasteiger partial charge in [0.1, 0.15) is 0 Å². The molecular formula is C14H22N2O6. The maximum absolute atomic E-state index is 10.9. The zero-order valence-electron chi connectivity index (χ0n) is 12.8. The van der Waals surface area contributed by atoms with E-state index in [1.54, 1.807) is 11.9 Å². The molecule has 1 aliphatic rings. The molecule has 8 nitrogen and oxygen atoms in total. The number of carboxylic acids is 2. The van der Waals surface area contributed by atoms with Crippen molar-refractivity contribution in [2.75, 3.05) is 33.3 Å². The number of nitrogens with zero attached hydrogens (tertiary/aromatic N) is 2. The van der Waals surface area contributed by atoms with Crippen molar-refractivity contribution in [2.45, 2.75) is 25.8 Å². The van der Waals surface area contributed by atoms with Gasteiger partial charge in [-0.05, 0) is 19.4 Å². The van der Waals surface area contributed by atoms with Crippen molar-refractivity contribution in [3.05, 3.63) is 0 Å². The highest BCUT2D eigenvalue weighted by Gasteiger charge is 2.22. The van der Waals surface area contributed by atoms with E-state index >= 15 is 0 Å². The summed E-state index contributed by atoms with van der Waals surface area (Å²) in [4.78, 5) is 32.9. The third-order valence-electron chi connectivity index (χ3n) is 3.15. The van der Waals surface area contributed by atoms with E-state index in [0.29, 0.717) is 13.1 Å². The van der Waals surface area contributed by atoms with Gasteiger partial charge in [-0.1, -0.05) is 11.8 Å². The van der Waals surface area contributed by atoms with Gasteiger partial charge in [0.25, 0.3) is 0 Å². The van der Waals surface area contributed by atoms with E-state index in [1.165, 1.54) is 6.92 Å². The number of likely N-dealkylation sites (tertiary alicyclic amines) is 1. The molecule has 1 rings (SSSR count). The predicted molar refractivity (Wildman–Crippen MR) is 78.0 cm³/mol. The van der Waals surface area contributed by atoms with Gasteiger partial charge in [0.05, 0.1) is 19.7 Å². The first-order chi connectivity index (χ1) is 10.3. The van der Waals surface area contributed by atoms with Crippen molar-refractivity contribution in [2.24, 2.45) is 0 Å². The van der Waals surface area contributed by atoms with E-state index in [-0.39, 0.29) is 18.6 Å². The van der Waals surface area contributed by atoms with Crippen molar-refractivity contribution in [3.63, 3.8) is 0 Å². The maximum Gasteiger partial charge on any atom is 0.414 e. The molecule has 1 saturated heterocycles. The van der Waals surface area contributed by atoms with Gasteiger partial charge in [0.2, 0.25) is 5.91 Å². The molecule has 0 bridgehead atoms. The van der Waals surface area contributed by atoms with Gasteiger partial charge in [0, 0.05) is 20.0 Å². The van der Waals surface area contributed by atoms with Gasteiger partial charge < -0.3 is 20.2 Å². The van der Waals surface area contributed by atoms with E-state index in [0.717, 1.165) is 19.4 Å². The molecule has 0 unspecified atom stereocenters. The zero-order valence-corrected chi connectivity index (χ0v) is 12.8. The van der Waals surface area contributed by atoms with E-state index in [2.05, 4.69) is 16.7 Å². The summed E-state index contributed by atoms with van der Waals surface area (Å²) in [7, 11) is 1.74. The summed E-state index contributed by atoms with van der Waals surface area (Å²) in [5.74, 6) is 2.40. The summed E-state index contributed by atoms with van der Waals surface area (Å²) in [5.41, 5.74) is 0. The predicted octanol–water partition coefficient (Wildman–Crippen LogP) is -0.920. The fourth-order valence-corrected chi connectivity index (χ4v) is 1.75. The van der Waals surface area contributed by atoms with Crippen LogP contribution in [0.3, 0.4) is 0 Å². The van der Waals surface area contributed by atoms with Crippen LogP contribution in [0.4, 0.5) is 0 Å². The highest BCUT2D eigenvalue weighted by molar-refractivity contribution is 6.27. The van der Waals surface area contributed by atoms with Gasteiger partial charge in [0.15, 0.2) is 0 Å². The van der Waals surface area contributed by atoms with Gasteiger partial charge in [-0.25, -0.2) is 9.59 Å². The fourth-order valence-electron chi connectivity index (χ4n) is 1.75. The molecular weight excluding hydrogens is 292 g/mol. The van der Waals surface area contributed by atoms with E-state index in [1.807, 2.05) is 0 Å². The summed E-state index contributed by atoms with van der Waals surface area (Å²) in [6, 6.07) is 0.278. The molecule has 3 N–H and O–H groups in total. The maximum atomic E-state index is 10.9. The number of rotatable bonds is 3. The largest absolute Gasteiger partial charge is 0.473 e. The monoisotopic (exact) mass is 314 g/mol. The average molecular weight is 314 g/mol. The minimum absolute atomic E-state index is 0.0312. The molecule has 0 aromatic carbocycles. The molecule has 1 fully saturated rings. The number of carboxylic acid groups (broad SMARTS) is 2. The number of aliphatic hydroxyl groups is 1. The Morgan fingerprint density at radius 2 is 1.82 bits per heavy atom. The summed E-state index contributed by atoms with van der Waals surface area (Å²) < 4.78 is 0. The van der Waals surface area contributed by atoms with Crippen LogP contribution in [0.15, 0.2) is 0 Å². The Labute approximate surface area is 129 Å². The van der Waals surface area contributed by atoms with Crippen LogP contribution in [0.1, 0.15) is 19.8 Å². The van der Waals surface area contributed by atoms with Gasteiger partial charge in [-0.15, -0.1) is 0 Å². The highest BCUT2D eigenvalue weighted by atomic mass is 16.4. The molecule has 0 aromatic rings. The third kappa shape index (κ3) is 8.24. The lowest BCUT2D eigenvalue weighted by Gasteiger charge is -2.19. The Morgan fingerprint density at radius 1 is 1.23 bits per heavy atom. The Balaban J connectivity index is 0.000000626. The molecule has 0 radical (unpaired) electrons. The molecule has 0 aliphatic carbocycles. The fraction of sp³-hybridized carbons (Fsp3) is 0.643. The van der Waals surface area contributed by atoms with Crippen LogP contribution >= 0.6 is 0 Å². The number of amides is 1. The van der Waals surface area contributed by atoms with Gasteiger partial charge >= 0.3 is 11.9 Å². The lowest BCUT2D eigenvalue weighted by atomic mass is 10.2. The lowest BCUT2D eigenvalue weighted by Crippen LogP contribution is -2.32. The van der Waals surface area contributed by atoms with Crippen LogP contribution in [-0.4, -0.2) is 82.3 Å². The minimum Gasteiger partial charge on any atom is -0.473 e. The smallest absolute Gasteiger partial charge is 0.414 e. The van der Waals surface area contributed by atoms with E-state index in [9.17, 15) is 4.79 Å². The zero-order chi connectivity index (χ0) is 17.1. The van der Waals surface area contributed by atoms with Crippen molar-refractivity contribution in [1.29, 1.82) is 0 Å². The van der Waals surface area contributed by atoms with Crippen LogP contribution in [0, 0.1) is 11.8 Å². The van der Waals surface area contributed by atoms with Crippen LogP contribution in [0.5, 0.6) is 0 Å². The molecule has 0 spiro atoms. The molecule has 1 atom stereocenters. The first kappa shape index (κ1) is 19.9. The average Bonchev–Trinajstić information content (AvgIpc) is 2.91. The summed E-state index contributed by atoms with van der Waals surface area (Å²) in [5, 5.41) is 23.9. The Morgan fingerprint density at radius 3 is 2.27 bits per heavy atom. The van der Waals surface area contributed by atoms with Gasteiger partial charge in [-0.2, -0.15) is 0 Å². The molecule has 1 amide bonds. The number of hydrogen-bond donors (Lipinski definition) is 3. The lowest BCUT2D eigenvalue weighted by molar-refractivity contribution is -0.159. The minimum atomic E-state index is -1.82. The summed E-state index contributed by atoms with van der Waals surface area (Å²) >= 11 is 0. The van der Waals surface area contributed by atoms with Crippen LogP contribution in [-0.2, 0) is 14.4 Å². The number of hydrogen-bond acceptors (Lipinski definition) is 5. The highest BCUT2D eigenvalue weighted by Crippen LogP contribution is 2.15. The van der Waals surface area contributed by atoms with Crippen LogP contribution in [0.2, 0.25) is 0 Å². The Hall–Kier alpha value is -2.11. The Bertz CT molecular complexity index is 442. The standard InChI is InChI=1S/C12H20N2O2.C2H2O4/c1-11(16)13(2)7-3-4-8-14-9-5-6-12(14)10-15;3-1(4)2(5)6/h12,15H,5-10H2,1-2H3;(H,3,4)(H,5,6)/t12-;/m1./s1. The Kier molecular flexibility index (Phi) is 9.58. The van der Waals surface area contributed by atoms with Crippen molar-refractivity contribution < 1.29 is 29.7 Å². The second-order valence-electron chi connectivity index (χ2n) is 4.79. The number of carbonyl (C=O) groups is 3. The molecule has 124 valence electrons. The van der Waals surface area contributed by atoms with Crippen molar-refractivity contribution in [1.82, 2.24) is 9.80 Å². The molecule has 22 heavy (non-hydrogen) atoms. The molecule has 8 heteroatoms. The first-order valence-electron chi connectivity index (χ1n) is 6.78. The first-order valence-corrected chi connectivity index (χ1v) is 6.78. The molecule has 0 saturated carbocycles. The SMILES string of the molecule is CC(=O)N(C)CC#CCN1CCC[C@@H]1CO.O=C(O)C(=O)O. The van der Waals surface area contributed by atoms with Crippen molar-refractivity contribution >= 4 is 17.8 Å². The molecule has 1 aliphatic heterocycles. The molecule has 1 heterocycles. The van der Waals surface area contributed by atoms with Crippen molar-refractivity contribution in [3.8, 4) is 11.8 Å². The summed E-state index contributed by atoms with van der Waals surface area (Å²) in [6.45, 7) is 3.94. The van der Waals surface area contributed by atoms with Crippen LogP contribution < -0.4 is 0 Å². The summed E-state index contributed by atoms with van der Waals surface area (Å²) in [6.07, 6.45) is 2.20. The van der Waals surface area contributed by atoms with Gasteiger partial charge in [-0.3, -0.25) is 9.69 Å². The number of aliphatic hydroxyl groups excluding tert-OH is 1. The van der Waals surface area contributed by atoms with Crippen LogP contribution in [0.25, 0.3) is 0 Å². The second-order valence-corrected chi connectivity index (χ2v) is 4.79. The topological polar surface area (TPSA) is 118 Å². The third-order valence-corrected chi connectivity index (χ3v) is 3.15. The number of aliphatic carboxylic acids is 2. The second kappa shape index (κ2) is 10.6. The molecule has 0 aromatic heterocycles. The van der Waals surface area contributed by atoms with E-state index in [4.69, 9.17) is 24.9 Å². The number of carbonyl (C=O) groups excluding carboxylic acids is 1. The quantitative estimate of drug-likeness (QED) is 0.455. The van der Waals surface area contributed by atoms with E-state index < -0.39 is 11.9 Å².